The fourth-order valence-corrected chi connectivity index (χ4v) is 3.79. The maximum Gasteiger partial charge on any atom is 0.117 e. The highest BCUT2D eigenvalue weighted by Gasteiger charge is 2.48. The van der Waals surface area contributed by atoms with E-state index < -0.39 is 0 Å². The summed E-state index contributed by atoms with van der Waals surface area (Å²) in [6, 6.07) is 11.2. The third kappa shape index (κ3) is 2.00. The van der Waals surface area contributed by atoms with Gasteiger partial charge >= 0.3 is 0 Å². The molecule has 0 aromatic heterocycles. The fraction of sp³-hybridized carbons (Fsp3) is 0.600. The molecular formula is C15H22NO+. The first-order valence-electron chi connectivity index (χ1n) is 6.90. The minimum atomic E-state index is -0.381. The summed E-state index contributed by atoms with van der Waals surface area (Å²) < 4.78 is 0. The van der Waals surface area contributed by atoms with Gasteiger partial charge in [-0.25, -0.2) is 0 Å². The number of piperidine rings is 1. The molecule has 0 spiro atoms. The standard InChI is InChI=1S/C15H21NO/c17-15-9-5-4-8-13(15)14(16-11-10-15)12-6-2-1-3-7-12/h1-3,6-7,13-14,16-17H,4-5,8-11H2/p+1/t13-,14-,15-/m0/s1. The van der Waals surface area contributed by atoms with E-state index in [0.717, 1.165) is 19.4 Å². The van der Waals surface area contributed by atoms with Crippen molar-refractivity contribution in [2.45, 2.75) is 43.7 Å². The van der Waals surface area contributed by atoms with E-state index in [2.05, 4.69) is 35.6 Å². The molecule has 3 atom stereocenters. The van der Waals surface area contributed by atoms with Crippen molar-refractivity contribution in [3.05, 3.63) is 35.9 Å². The van der Waals surface area contributed by atoms with Gasteiger partial charge in [0.2, 0.25) is 0 Å². The first-order chi connectivity index (χ1) is 8.30. The quantitative estimate of drug-likeness (QED) is 0.758. The second kappa shape index (κ2) is 4.43. The molecule has 2 nitrogen and oxygen atoms in total. The van der Waals surface area contributed by atoms with Crippen molar-refractivity contribution >= 4 is 0 Å². The molecule has 3 N–H and O–H groups in total. The molecule has 2 aliphatic rings. The molecule has 3 rings (SSSR count). The third-order valence-electron chi connectivity index (χ3n) is 4.68. The number of quaternary nitrogens is 1. The molecule has 1 saturated carbocycles. The minimum Gasteiger partial charge on any atom is -0.389 e. The SMILES string of the molecule is O[C@]12CCCC[C@H]1[C@H](c1ccccc1)[NH2+]CC2. The van der Waals surface area contributed by atoms with E-state index in [-0.39, 0.29) is 5.60 Å². The Morgan fingerprint density at radius 3 is 2.76 bits per heavy atom. The number of aliphatic hydroxyl groups is 1. The zero-order valence-corrected chi connectivity index (χ0v) is 10.3. The molecule has 2 heteroatoms. The first-order valence-corrected chi connectivity index (χ1v) is 6.90. The molecule has 1 heterocycles. The van der Waals surface area contributed by atoms with Gasteiger partial charge < -0.3 is 10.4 Å². The zero-order chi connectivity index (χ0) is 11.7. The molecule has 92 valence electrons. The molecular weight excluding hydrogens is 210 g/mol. The van der Waals surface area contributed by atoms with Crippen molar-refractivity contribution in [2.75, 3.05) is 6.54 Å². The maximum atomic E-state index is 10.8. The van der Waals surface area contributed by atoms with Gasteiger partial charge in [-0.15, -0.1) is 0 Å². The van der Waals surface area contributed by atoms with Gasteiger partial charge in [-0.05, 0) is 12.8 Å². The lowest BCUT2D eigenvalue weighted by molar-refractivity contribution is -0.719. The molecule has 1 aromatic rings. The molecule has 0 amide bonds. The van der Waals surface area contributed by atoms with E-state index in [0.29, 0.717) is 12.0 Å². The lowest BCUT2D eigenvalue weighted by Crippen LogP contribution is -2.91. The maximum absolute atomic E-state index is 10.8. The number of benzene rings is 1. The first kappa shape index (κ1) is 11.2. The van der Waals surface area contributed by atoms with Crippen LogP contribution in [0.15, 0.2) is 30.3 Å². The zero-order valence-electron chi connectivity index (χ0n) is 10.3. The van der Waals surface area contributed by atoms with Gasteiger partial charge in [0.05, 0.1) is 12.1 Å². The summed E-state index contributed by atoms with van der Waals surface area (Å²) >= 11 is 0. The van der Waals surface area contributed by atoms with E-state index in [1.54, 1.807) is 0 Å². The van der Waals surface area contributed by atoms with Crippen molar-refractivity contribution < 1.29 is 10.4 Å². The van der Waals surface area contributed by atoms with Gasteiger partial charge in [0.1, 0.15) is 6.04 Å². The Balaban J connectivity index is 1.89. The molecule has 1 aromatic carbocycles. The summed E-state index contributed by atoms with van der Waals surface area (Å²) in [5.41, 5.74) is 1.01. The molecule has 1 aliphatic carbocycles. The number of fused-ring (bicyclic) bond motifs is 1. The van der Waals surface area contributed by atoms with Crippen LogP contribution in [0.2, 0.25) is 0 Å². The molecule has 0 radical (unpaired) electrons. The van der Waals surface area contributed by atoms with Crippen molar-refractivity contribution in [3.63, 3.8) is 0 Å². The van der Waals surface area contributed by atoms with Crippen LogP contribution < -0.4 is 5.32 Å². The van der Waals surface area contributed by atoms with Crippen LogP contribution in [0.3, 0.4) is 0 Å². The van der Waals surface area contributed by atoms with Crippen molar-refractivity contribution in [1.29, 1.82) is 0 Å². The molecule has 0 bridgehead atoms. The van der Waals surface area contributed by atoms with Crippen LogP contribution in [-0.2, 0) is 0 Å². The summed E-state index contributed by atoms with van der Waals surface area (Å²) in [5, 5.41) is 13.2. The largest absolute Gasteiger partial charge is 0.389 e. The average molecular weight is 232 g/mol. The summed E-state index contributed by atoms with van der Waals surface area (Å²) in [7, 11) is 0. The Morgan fingerprint density at radius 1 is 1.12 bits per heavy atom. The van der Waals surface area contributed by atoms with Gasteiger partial charge in [0.15, 0.2) is 0 Å². The van der Waals surface area contributed by atoms with E-state index in [9.17, 15) is 5.11 Å². The Bertz CT molecular complexity index is 374. The van der Waals surface area contributed by atoms with Crippen LogP contribution in [0.4, 0.5) is 0 Å². The smallest absolute Gasteiger partial charge is 0.117 e. The van der Waals surface area contributed by atoms with Crippen molar-refractivity contribution in [3.8, 4) is 0 Å². The highest BCUT2D eigenvalue weighted by atomic mass is 16.3. The van der Waals surface area contributed by atoms with Crippen LogP contribution in [0.5, 0.6) is 0 Å². The molecule has 17 heavy (non-hydrogen) atoms. The summed E-state index contributed by atoms with van der Waals surface area (Å²) in [6.07, 6.45) is 5.65. The monoisotopic (exact) mass is 232 g/mol. The van der Waals surface area contributed by atoms with Crippen LogP contribution >= 0.6 is 0 Å². The van der Waals surface area contributed by atoms with E-state index >= 15 is 0 Å². The predicted octanol–water partition coefficient (Wildman–Crippen LogP) is 1.62. The van der Waals surface area contributed by atoms with Crippen molar-refractivity contribution in [2.24, 2.45) is 5.92 Å². The Morgan fingerprint density at radius 2 is 1.94 bits per heavy atom. The van der Waals surface area contributed by atoms with Crippen LogP contribution in [0, 0.1) is 5.92 Å². The molecule has 1 aliphatic heterocycles. The summed E-state index contributed by atoms with van der Waals surface area (Å²) in [4.78, 5) is 0. The Labute approximate surface area is 103 Å². The third-order valence-corrected chi connectivity index (χ3v) is 4.68. The topological polar surface area (TPSA) is 36.8 Å². The number of hydrogen-bond donors (Lipinski definition) is 2. The van der Waals surface area contributed by atoms with Crippen LogP contribution in [0.25, 0.3) is 0 Å². The second-order valence-electron chi connectivity index (χ2n) is 5.67. The predicted molar refractivity (Wildman–Crippen MR) is 67.5 cm³/mol. The van der Waals surface area contributed by atoms with Crippen LogP contribution in [-0.4, -0.2) is 17.3 Å². The van der Waals surface area contributed by atoms with Gasteiger partial charge in [0.25, 0.3) is 0 Å². The molecule has 1 saturated heterocycles. The summed E-state index contributed by atoms with van der Waals surface area (Å²) in [6.45, 7) is 1.06. The van der Waals surface area contributed by atoms with Gasteiger partial charge in [-0.2, -0.15) is 0 Å². The van der Waals surface area contributed by atoms with Gasteiger partial charge in [0, 0.05) is 17.9 Å². The van der Waals surface area contributed by atoms with E-state index in [4.69, 9.17) is 0 Å². The lowest BCUT2D eigenvalue weighted by Gasteiger charge is -2.46. The molecule has 0 unspecified atom stereocenters. The number of nitrogens with two attached hydrogens (primary N) is 1. The number of rotatable bonds is 1. The lowest BCUT2D eigenvalue weighted by atomic mass is 9.67. The average Bonchev–Trinajstić information content (AvgIpc) is 2.38. The number of hydrogen-bond acceptors (Lipinski definition) is 1. The normalized spacial score (nSPS) is 37.5. The highest BCUT2D eigenvalue weighted by molar-refractivity contribution is 5.19. The Kier molecular flexibility index (Phi) is 2.93. The van der Waals surface area contributed by atoms with Crippen LogP contribution in [0.1, 0.15) is 43.7 Å². The van der Waals surface area contributed by atoms with Gasteiger partial charge in [-0.1, -0.05) is 43.2 Å². The Hall–Kier alpha value is -0.860. The minimum absolute atomic E-state index is 0.381. The van der Waals surface area contributed by atoms with E-state index in [1.165, 1.54) is 24.8 Å². The summed E-state index contributed by atoms with van der Waals surface area (Å²) in [5.74, 6) is 0.451. The second-order valence-corrected chi connectivity index (χ2v) is 5.67. The molecule has 2 fully saturated rings. The van der Waals surface area contributed by atoms with Gasteiger partial charge in [-0.3, -0.25) is 0 Å². The van der Waals surface area contributed by atoms with E-state index in [1.807, 2.05) is 0 Å². The highest BCUT2D eigenvalue weighted by Crippen LogP contribution is 2.43. The van der Waals surface area contributed by atoms with Crippen molar-refractivity contribution in [1.82, 2.24) is 0 Å². The fourth-order valence-electron chi connectivity index (χ4n) is 3.79.